The second-order valence-electron chi connectivity index (χ2n) is 6.69. The molecule has 0 aromatic heterocycles. The SMILES string of the molecule is CC(N)C(=O)N(C)[C@H]1CC[C@H](c2ccc(Cl)c(Cl)c2)c2ccccc21. The van der Waals surface area contributed by atoms with Crippen LogP contribution in [0.1, 0.15) is 48.4 Å². The summed E-state index contributed by atoms with van der Waals surface area (Å²) in [6.45, 7) is 1.73. The van der Waals surface area contributed by atoms with Crippen molar-refractivity contribution in [1.29, 1.82) is 0 Å². The van der Waals surface area contributed by atoms with Gasteiger partial charge in [-0.2, -0.15) is 0 Å². The van der Waals surface area contributed by atoms with E-state index in [4.69, 9.17) is 28.9 Å². The summed E-state index contributed by atoms with van der Waals surface area (Å²) in [5, 5.41) is 1.14. The van der Waals surface area contributed by atoms with Gasteiger partial charge in [-0.3, -0.25) is 4.79 Å². The largest absolute Gasteiger partial charge is 0.337 e. The zero-order chi connectivity index (χ0) is 18.1. The van der Waals surface area contributed by atoms with E-state index in [-0.39, 0.29) is 17.9 Å². The standard InChI is InChI=1S/C20H22Cl2N2O/c1-12(23)20(25)24(2)19-10-8-14(15-5-3-4-6-16(15)19)13-7-9-17(21)18(22)11-13/h3-7,9,11-12,14,19H,8,10,23H2,1-2H3/t12?,14-,19+/m1/s1. The molecule has 2 N–H and O–H groups in total. The normalized spacial score (nSPS) is 20.7. The Morgan fingerprint density at radius 2 is 1.80 bits per heavy atom. The van der Waals surface area contributed by atoms with Crippen LogP contribution >= 0.6 is 23.2 Å². The van der Waals surface area contributed by atoms with Crippen molar-refractivity contribution in [1.82, 2.24) is 4.90 Å². The average molecular weight is 377 g/mol. The van der Waals surface area contributed by atoms with Crippen LogP contribution in [0.4, 0.5) is 0 Å². The third-order valence-corrected chi connectivity index (χ3v) is 5.75. The fraction of sp³-hybridized carbons (Fsp3) is 0.350. The highest BCUT2D eigenvalue weighted by molar-refractivity contribution is 6.42. The van der Waals surface area contributed by atoms with Crippen LogP contribution < -0.4 is 5.73 Å². The zero-order valence-electron chi connectivity index (χ0n) is 14.4. The second-order valence-corrected chi connectivity index (χ2v) is 7.50. The fourth-order valence-corrected chi connectivity index (χ4v) is 4.03. The van der Waals surface area contributed by atoms with E-state index < -0.39 is 6.04 Å². The number of carbonyl (C=O) groups excluding carboxylic acids is 1. The number of hydrogen-bond donors (Lipinski definition) is 1. The molecule has 1 aliphatic carbocycles. The fourth-order valence-electron chi connectivity index (χ4n) is 3.72. The van der Waals surface area contributed by atoms with Gasteiger partial charge < -0.3 is 10.6 Å². The molecule has 0 spiro atoms. The lowest BCUT2D eigenvalue weighted by Crippen LogP contribution is -2.42. The maximum Gasteiger partial charge on any atom is 0.239 e. The summed E-state index contributed by atoms with van der Waals surface area (Å²) in [4.78, 5) is 14.1. The second kappa shape index (κ2) is 7.36. The maximum atomic E-state index is 12.4. The number of rotatable bonds is 3. The van der Waals surface area contributed by atoms with E-state index in [0.29, 0.717) is 10.0 Å². The van der Waals surface area contributed by atoms with Crippen molar-refractivity contribution in [2.45, 2.75) is 37.8 Å². The van der Waals surface area contributed by atoms with E-state index in [1.54, 1.807) is 11.8 Å². The van der Waals surface area contributed by atoms with Crippen LogP contribution in [0.5, 0.6) is 0 Å². The first kappa shape index (κ1) is 18.2. The van der Waals surface area contributed by atoms with Crippen LogP contribution in [-0.2, 0) is 4.79 Å². The Morgan fingerprint density at radius 3 is 2.44 bits per heavy atom. The topological polar surface area (TPSA) is 46.3 Å². The first-order valence-corrected chi connectivity index (χ1v) is 9.21. The van der Waals surface area contributed by atoms with Gasteiger partial charge in [-0.15, -0.1) is 0 Å². The Balaban J connectivity index is 1.99. The average Bonchev–Trinajstić information content (AvgIpc) is 2.62. The zero-order valence-corrected chi connectivity index (χ0v) is 15.9. The van der Waals surface area contributed by atoms with E-state index in [1.807, 2.05) is 37.4 Å². The van der Waals surface area contributed by atoms with Gasteiger partial charge in [-0.1, -0.05) is 53.5 Å². The van der Waals surface area contributed by atoms with Gasteiger partial charge >= 0.3 is 0 Å². The predicted octanol–water partition coefficient (Wildman–Crippen LogP) is 4.77. The lowest BCUT2D eigenvalue weighted by molar-refractivity contribution is -0.133. The molecule has 1 amide bonds. The van der Waals surface area contributed by atoms with Gasteiger partial charge in [0.05, 0.1) is 22.1 Å². The summed E-state index contributed by atoms with van der Waals surface area (Å²) in [5.74, 6) is 0.216. The van der Waals surface area contributed by atoms with Gasteiger partial charge in [0, 0.05) is 13.0 Å². The van der Waals surface area contributed by atoms with Crippen molar-refractivity contribution in [3.8, 4) is 0 Å². The number of fused-ring (bicyclic) bond motifs is 1. The number of nitrogens with two attached hydrogens (primary N) is 1. The molecule has 3 atom stereocenters. The lowest BCUT2D eigenvalue weighted by Gasteiger charge is -2.37. The Labute approximate surface area is 158 Å². The summed E-state index contributed by atoms with van der Waals surface area (Å²) in [6, 6.07) is 13.7. The van der Waals surface area contributed by atoms with Crippen molar-refractivity contribution in [3.63, 3.8) is 0 Å². The van der Waals surface area contributed by atoms with Gasteiger partial charge in [-0.25, -0.2) is 0 Å². The van der Waals surface area contributed by atoms with Gasteiger partial charge in [0.25, 0.3) is 0 Å². The minimum absolute atomic E-state index is 0.0345. The highest BCUT2D eigenvalue weighted by Gasteiger charge is 2.32. The molecule has 0 fully saturated rings. The third-order valence-electron chi connectivity index (χ3n) is 5.01. The number of hydrogen-bond acceptors (Lipinski definition) is 2. The van der Waals surface area contributed by atoms with Gasteiger partial charge in [0.2, 0.25) is 5.91 Å². The van der Waals surface area contributed by atoms with Crippen molar-refractivity contribution < 1.29 is 4.79 Å². The quantitative estimate of drug-likeness (QED) is 0.838. The van der Waals surface area contributed by atoms with Gasteiger partial charge in [0.1, 0.15) is 0 Å². The molecule has 132 valence electrons. The highest BCUT2D eigenvalue weighted by atomic mass is 35.5. The first-order chi connectivity index (χ1) is 11.9. The Bertz CT molecular complexity index is 791. The summed E-state index contributed by atoms with van der Waals surface area (Å²) in [5.41, 5.74) is 9.37. The first-order valence-electron chi connectivity index (χ1n) is 8.46. The van der Waals surface area contributed by atoms with Crippen LogP contribution in [0.25, 0.3) is 0 Å². The van der Waals surface area contributed by atoms with Crippen molar-refractivity contribution in [2.75, 3.05) is 7.05 Å². The predicted molar refractivity (Wildman–Crippen MR) is 103 cm³/mol. The molecule has 0 saturated carbocycles. The summed E-state index contributed by atoms with van der Waals surface area (Å²) < 4.78 is 0. The number of amides is 1. The van der Waals surface area contributed by atoms with Crippen molar-refractivity contribution in [3.05, 3.63) is 69.2 Å². The van der Waals surface area contributed by atoms with E-state index in [0.717, 1.165) is 18.4 Å². The molecule has 1 aliphatic rings. The Kier molecular flexibility index (Phi) is 5.38. The molecule has 3 nitrogen and oxygen atoms in total. The van der Waals surface area contributed by atoms with Crippen molar-refractivity contribution >= 4 is 29.1 Å². The number of likely N-dealkylation sites (N-methyl/N-ethyl adjacent to an activating group) is 1. The van der Waals surface area contributed by atoms with E-state index in [9.17, 15) is 4.79 Å². The smallest absolute Gasteiger partial charge is 0.239 e. The molecule has 25 heavy (non-hydrogen) atoms. The minimum atomic E-state index is -0.495. The lowest BCUT2D eigenvalue weighted by atomic mass is 9.76. The number of benzene rings is 2. The van der Waals surface area contributed by atoms with Gasteiger partial charge in [-0.05, 0) is 48.6 Å². The Morgan fingerprint density at radius 1 is 1.12 bits per heavy atom. The monoisotopic (exact) mass is 376 g/mol. The molecule has 0 heterocycles. The number of nitrogens with zero attached hydrogens (tertiary/aromatic N) is 1. The molecule has 1 unspecified atom stereocenters. The number of halogens is 2. The third kappa shape index (κ3) is 3.55. The molecule has 0 radical (unpaired) electrons. The number of carbonyl (C=O) groups is 1. The van der Waals surface area contributed by atoms with Crippen LogP contribution in [0.3, 0.4) is 0 Å². The molecule has 3 rings (SSSR count). The van der Waals surface area contributed by atoms with Crippen LogP contribution in [0, 0.1) is 0 Å². The van der Waals surface area contributed by atoms with Gasteiger partial charge in [0.15, 0.2) is 0 Å². The molecule has 2 aromatic rings. The van der Waals surface area contributed by atoms with Crippen molar-refractivity contribution in [2.24, 2.45) is 5.73 Å². The maximum absolute atomic E-state index is 12.4. The molecule has 2 aromatic carbocycles. The van der Waals surface area contributed by atoms with E-state index in [2.05, 4.69) is 12.1 Å². The molecule has 5 heteroatoms. The molecule has 0 aliphatic heterocycles. The molecular formula is C20H22Cl2N2O. The summed E-state index contributed by atoms with van der Waals surface area (Å²) in [6.07, 6.45) is 1.83. The summed E-state index contributed by atoms with van der Waals surface area (Å²) >= 11 is 12.3. The van der Waals surface area contributed by atoms with Crippen LogP contribution in [-0.4, -0.2) is 23.9 Å². The van der Waals surface area contributed by atoms with E-state index >= 15 is 0 Å². The summed E-state index contributed by atoms with van der Waals surface area (Å²) in [7, 11) is 1.84. The molecular weight excluding hydrogens is 355 g/mol. The van der Waals surface area contributed by atoms with Crippen LogP contribution in [0.15, 0.2) is 42.5 Å². The van der Waals surface area contributed by atoms with E-state index in [1.165, 1.54) is 11.1 Å². The molecule has 0 bridgehead atoms. The Hall–Kier alpha value is -1.55. The van der Waals surface area contributed by atoms with Crippen LogP contribution in [0.2, 0.25) is 10.0 Å². The molecule has 0 saturated heterocycles. The minimum Gasteiger partial charge on any atom is -0.337 e. The highest BCUT2D eigenvalue weighted by Crippen LogP contribution is 2.44.